The van der Waals surface area contributed by atoms with E-state index >= 15 is 0 Å². The number of rotatable bonds is 7. The van der Waals surface area contributed by atoms with Crippen molar-refractivity contribution < 1.29 is 19.1 Å². The summed E-state index contributed by atoms with van der Waals surface area (Å²) in [4.78, 5) is 22.9. The highest BCUT2D eigenvalue weighted by molar-refractivity contribution is 5.95. The summed E-state index contributed by atoms with van der Waals surface area (Å²) >= 11 is 0. The van der Waals surface area contributed by atoms with Crippen molar-refractivity contribution >= 4 is 29.9 Å². The predicted octanol–water partition coefficient (Wildman–Crippen LogP) is 1.07. The van der Waals surface area contributed by atoms with Crippen molar-refractivity contribution in [1.29, 1.82) is 0 Å². The Morgan fingerprint density at radius 1 is 1.25 bits per heavy atom. The molecule has 1 aromatic carbocycles. The Morgan fingerprint density at radius 3 is 2.75 bits per heavy atom. The van der Waals surface area contributed by atoms with Gasteiger partial charge in [0.1, 0.15) is 12.4 Å². The minimum atomic E-state index is -0.376. The van der Waals surface area contributed by atoms with E-state index in [4.69, 9.17) is 15.2 Å². The molecule has 1 aromatic rings. The number of hydrogen-bond donors (Lipinski definition) is 3. The van der Waals surface area contributed by atoms with Gasteiger partial charge in [-0.05, 0) is 31.4 Å². The Morgan fingerprint density at radius 2 is 2.04 bits per heavy atom. The molecule has 0 saturated carbocycles. The second-order valence-electron chi connectivity index (χ2n) is 5.32. The SMILES string of the molecule is Cl.NCC(=O)NCC(=O)Nc1ccccc1OCC1CCCCO1. The molecule has 1 aliphatic heterocycles. The number of nitrogens with two attached hydrogens (primary N) is 1. The summed E-state index contributed by atoms with van der Waals surface area (Å²) in [7, 11) is 0. The molecule has 0 aromatic heterocycles. The first-order chi connectivity index (χ1) is 11.2. The predicted molar refractivity (Wildman–Crippen MR) is 93.5 cm³/mol. The van der Waals surface area contributed by atoms with Crippen LogP contribution in [0.15, 0.2) is 24.3 Å². The smallest absolute Gasteiger partial charge is 0.243 e. The molecule has 7 nitrogen and oxygen atoms in total. The standard InChI is InChI=1S/C16H23N3O4.ClH/c17-9-15(20)18-10-16(21)19-13-6-1-2-7-14(13)23-11-12-5-3-4-8-22-12;/h1-2,6-7,12H,3-5,8-11,17H2,(H,18,20)(H,19,21);1H. The van der Waals surface area contributed by atoms with Crippen molar-refractivity contribution in [3.8, 4) is 5.75 Å². The van der Waals surface area contributed by atoms with Crippen LogP contribution in [0.4, 0.5) is 5.69 Å². The van der Waals surface area contributed by atoms with E-state index in [-0.39, 0.29) is 43.4 Å². The molecule has 134 valence electrons. The number of anilines is 1. The zero-order valence-electron chi connectivity index (χ0n) is 13.5. The molecule has 0 aliphatic carbocycles. The number of carbonyl (C=O) groups is 2. The number of amides is 2. The van der Waals surface area contributed by atoms with E-state index in [2.05, 4.69) is 10.6 Å². The molecule has 0 radical (unpaired) electrons. The number of benzene rings is 1. The van der Waals surface area contributed by atoms with E-state index in [1.54, 1.807) is 18.2 Å². The van der Waals surface area contributed by atoms with Crippen LogP contribution in [0.2, 0.25) is 0 Å². The van der Waals surface area contributed by atoms with Crippen LogP contribution in [0, 0.1) is 0 Å². The van der Waals surface area contributed by atoms with Gasteiger partial charge in [0.05, 0.1) is 24.9 Å². The fraction of sp³-hybridized carbons (Fsp3) is 0.500. The van der Waals surface area contributed by atoms with Crippen molar-refractivity contribution in [2.24, 2.45) is 5.73 Å². The van der Waals surface area contributed by atoms with Crippen LogP contribution in [-0.4, -0.2) is 44.2 Å². The lowest BCUT2D eigenvalue weighted by Crippen LogP contribution is -2.36. The summed E-state index contributed by atoms with van der Waals surface area (Å²) < 4.78 is 11.4. The maximum atomic E-state index is 11.8. The number of halogens is 1. The van der Waals surface area contributed by atoms with Crippen molar-refractivity contribution in [1.82, 2.24) is 5.32 Å². The molecule has 0 bridgehead atoms. The lowest BCUT2D eigenvalue weighted by Gasteiger charge is -2.23. The van der Waals surface area contributed by atoms with Crippen molar-refractivity contribution in [2.45, 2.75) is 25.4 Å². The van der Waals surface area contributed by atoms with E-state index in [9.17, 15) is 9.59 Å². The zero-order valence-corrected chi connectivity index (χ0v) is 14.3. The molecule has 1 unspecified atom stereocenters. The first-order valence-electron chi connectivity index (χ1n) is 7.79. The summed E-state index contributed by atoms with van der Waals surface area (Å²) in [5.41, 5.74) is 5.73. The van der Waals surface area contributed by atoms with E-state index in [0.717, 1.165) is 25.9 Å². The van der Waals surface area contributed by atoms with E-state index in [0.29, 0.717) is 18.0 Å². The third-order valence-corrected chi connectivity index (χ3v) is 3.49. The van der Waals surface area contributed by atoms with Gasteiger partial charge in [-0.3, -0.25) is 9.59 Å². The van der Waals surface area contributed by atoms with Crippen molar-refractivity contribution in [3.05, 3.63) is 24.3 Å². The molecule has 0 spiro atoms. The quantitative estimate of drug-likeness (QED) is 0.677. The summed E-state index contributed by atoms with van der Waals surface area (Å²) in [6.07, 6.45) is 3.32. The van der Waals surface area contributed by atoms with E-state index in [1.807, 2.05) is 6.07 Å². The van der Waals surface area contributed by atoms with E-state index in [1.165, 1.54) is 0 Å². The highest BCUT2D eigenvalue weighted by atomic mass is 35.5. The van der Waals surface area contributed by atoms with Gasteiger partial charge in [0.25, 0.3) is 0 Å². The van der Waals surface area contributed by atoms with Crippen molar-refractivity contribution in [2.75, 3.05) is 31.6 Å². The fourth-order valence-electron chi connectivity index (χ4n) is 2.26. The Kier molecular flexibility index (Phi) is 9.14. The second kappa shape index (κ2) is 10.9. The summed E-state index contributed by atoms with van der Waals surface area (Å²) in [6.45, 7) is 0.953. The molecule has 1 atom stereocenters. The Balaban J connectivity index is 0.00000288. The van der Waals surface area contributed by atoms with Gasteiger partial charge < -0.3 is 25.8 Å². The first-order valence-corrected chi connectivity index (χ1v) is 7.79. The maximum absolute atomic E-state index is 11.8. The molecule has 4 N–H and O–H groups in total. The summed E-state index contributed by atoms with van der Waals surface area (Å²) in [6, 6.07) is 7.18. The third-order valence-electron chi connectivity index (χ3n) is 3.49. The minimum Gasteiger partial charge on any atom is -0.489 e. The number of para-hydroxylation sites is 2. The lowest BCUT2D eigenvalue weighted by molar-refractivity contribution is -0.123. The van der Waals surface area contributed by atoms with Gasteiger partial charge in [0, 0.05) is 6.61 Å². The maximum Gasteiger partial charge on any atom is 0.243 e. The molecular weight excluding hydrogens is 334 g/mol. The normalized spacial score (nSPS) is 16.6. The number of ether oxygens (including phenoxy) is 2. The van der Waals surface area contributed by atoms with Crippen LogP contribution >= 0.6 is 12.4 Å². The van der Waals surface area contributed by atoms with Crippen LogP contribution in [-0.2, 0) is 14.3 Å². The van der Waals surface area contributed by atoms with Crippen LogP contribution < -0.4 is 21.1 Å². The molecular formula is C16H24ClN3O4. The molecule has 1 saturated heterocycles. The van der Waals surface area contributed by atoms with E-state index < -0.39 is 0 Å². The first kappa shape index (κ1) is 20.2. The van der Waals surface area contributed by atoms with Crippen LogP contribution in [0.3, 0.4) is 0 Å². The van der Waals surface area contributed by atoms with Crippen molar-refractivity contribution in [3.63, 3.8) is 0 Å². The van der Waals surface area contributed by atoms with Crippen LogP contribution in [0.1, 0.15) is 19.3 Å². The van der Waals surface area contributed by atoms with Gasteiger partial charge in [-0.2, -0.15) is 0 Å². The summed E-state index contributed by atoms with van der Waals surface area (Å²) in [5, 5.41) is 5.14. The molecule has 1 heterocycles. The highest BCUT2D eigenvalue weighted by Crippen LogP contribution is 2.24. The fourth-order valence-corrected chi connectivity index (χ4v) is 2.26. The molecule has 2 rings (SSSR count). The monoisotopic (exact) mass is 357 g/mol. The van der Waals surface area contributed by atoms with Gasteiger partial charge in [0.2, 0.25) is 11.8 Å². The van der Waals surface area contributed by atoms with Gasteiger partial charge in [-0.25, -0.2) is 0 Å². The van der Waals surface area contributed by atoms with Gasteiger partial charge >= 0.3 is 0 Å². The second-order valence-corrected chi connectivity index (χ2v) is 5.32. The number of nitrogens with one attached hydrogen (secondary N) is 2. The Labute approximate surface area is 147 Å². The summed E-state index contributed by atoms with van der Waals surface area (Å²) in [5.74, 6) is -0.129. The molecule has 8 heteroatoms. The lowest BCUT2D eigenvalue weighted by atomic mass is 10.1. The third kappa shape index (κ3) is 6.74. The number of carbonyl (C=O) groups excluding carboxylic acids is 2. The van der Waals surface area contributed by atoms with Gasteiger partial charge in [0.15, 0.2) is 0 Å². The Hall–Kier alpha value is -1.83. The molecule has 1 aliphatic rings. The van der Waals surface area contributed by atoms with Crippen LogP contribution in [0.5, 0.6) is 5.75 Å². The van der Waals surface area contributed by atoms with Gasteiger partial charge in [-0.15, -0.1) is 12.4 Å². The zero-order chi connectivity index (χ0) is 16.5. The molecule has 24 heavy (non-hydrogen) atoms. The van der Waals surface area contributed by atoms with Crippen LogP contribution in [0.25, 0.3) is 0 Å². The largest absolute Gasteiger partial charge is 0.489 e. The average Bonchev–Trinajstić information content (AvgIpc) is 2.59. The topological polar surface area (TPSA) is 103 Å². The number of hydrogen-bond acceptors (Lipinski definition) is 5. The van der Waals surface area contributed by atoms with Gasteiger partial charge in [-0.1, -0.05) is 12.1 Å². The molecule has 2 amide bonds. The Bertz CT molecular complexity index is 536. The minimum absolute atomic E-state index is 0. The average molecular weight is 358 g/mol. The highest BCUT2D eigenvalue weighted by Gasteiger charge is 2.15. The molecule has 1 fully saturated rings.